The van der Waals surface area contributed by atoms with Crippen molar-refractivity contribution in [1.29, 1.82) is 0 Å². The lowest BCUT2D eigenvalue weighted by atomic mass is 9.88. The second-order valence-electron chi connectivity index (χ2n) is 4.97. The molecule has 0 aromatic carbocycles. The van der Waals surface area contributed by atoms with Crippen LogP contribution < -0.4 is 10.6 Å². The van der Waals surface area contributed by atoms with Gasteiger partial charge in [-0.25, -0.2) is 4.79 Å². The molecule has 0 saturated carbocycles. The summed E-state index contributed by atoms with van der Waals surface area (Å²) in [4.78, 5) is 34.1. The maximum atomic E-state index is 12.1. The van der Waals surface area contributed by atoms with Crippen molar-refractivity contribution in [3.05, 3.63) is 0 Å². The Labute approximate surface area is 111 Å². The van der Waals surface area contributed by atoms with Crippen LogP contribution in [-0.2, 0) is 19.1 Å². The summed E-state index contributed by atoms with van der Waals surface area (Å²) in [5, 5.41) is 14.6. The van der Waals surface area contributed by atoms with E-state index in [1.807, 2.05) is 0 Å². The van der Waals surface area contributed by atoms with E-state index in [4.69, 9.17) is 5.11 Å². The Morgan fingerprint density at radius 3 is 2.63 bits per heavy atom. The number of amides is 1. The molecule has 1 saturated heterocycles. The third-order valence-corrected chi connectivity index (χ3v) is 3.39. The van der Waals surface area contributed by atoms with Gasteiger partial charge in [-0.15, -0.1) is 0 Å². The molecule has 1 heterocycles. The lowest BCUT2D eigenvalue weighted by Crippen LogP contribution is -2.48. The number of ether oxygens (including phenoxy) is 1. The number of rotatable bonds is 6. The highest BCUT2D eigenvalue weighted by molar-refractivity contribution is 5.87. The molecule has 1 rings (SSSR count). The number of carboxylic acids is 1. The quantitative estimate of drug-likeness (QED) is 0.563. The van der Waals surface area contributed by atoms with Crippen LogP contribution in [0.25, 0.3) is 0 Å². The second-order valence-corrected chi connectivity index (χ2v) is 4.97. The van der Waals surface area contributed by atoms with Gasteiger partial charge in [0.25, 0.3) is 0 Å². The van der Waals surface area contributed by atoms with Gasteiger partial charge in [-0.2, -0.15) is 0 Å². The first-order chi connectivity index (χ1) is 8.89. The molecule has 3 N–H and O–H groups in total. The topological polar surface area (TPSA) is 105 Å². The van der Waals surface area contributed by atoms with Crippen molar-refractivity contribution in [2.45, 2.75) is 32.2 Å². The van der Waals surface area contributed by atoms with Crippen molar-refractivity contribution >= 4 is 17.8 Å². The first-order valence-corrected chi connectivity index (χ1v) is 6.20. The fourth-order valence-electron chi connectivity index (χ4n) is 1.96. The molecule has 1 unspecified atom stereocenters. The van der Waals surface area contributed by atoms with Crippen LogP contribution in [0.2, 0.25) is 0 Å². The van der Waals surface area contributed by atoms with Crippen molar-refractivity contribution in [2.24, 2.45) is 5.41 Å². The van der Waals surface area contributed by atoms with Gasteiger partial charge in [0.2, 0.25) is 5.91 Å². The number of hydrogen-bond donors (Lipinski definition) is 3. The molecule has 0 aromatic rings. The molecular weight excluding hydrogens is 252 g/mol. The summed E-state index contributed by atoms with van der Waals surface area (Å²) in [5.41, 5.74) is -0.584. The monoisotopic (exact) mass is 272 g/mol. The second kappa shape index (κ2) is 6.51. The Morgan fingerprint density at radius 1 is 1.47 bits per heavy atom. The van der Waals surface area contributed by atoms with Crippen LogP contribution in [0.1, 0.15) is 26.2 Å². The maximum Gasteiger partial charge on any atom is 0.326 e. The van der Waals surface area contributed by atoms with Crippen LogP contribution in [0.4, 0.5) is 0 Å². The first kappa shape index (κ1) is 15.4. The molecule has 7 nitrogen and oxygen atoms in total. The minimum atomic E-state index is -1.15. The minimum Gasteiger partial charge on any atom is -0.480 e. The highest BCUT2D eigenvalue weighted by atomic mass is 16.5. The number of carbonyl (C=O) groups is 3. The van der Waals surface area contributed by atoms with Gasteiger partial charge in [-0.3, -0.25) is 9.59 Å². The molecule has 108 valence electrons. The van der Waals surface area contributed by atoms with E-state index in [2.05, 4.69) is 15.4 Å². The molecule has 7 heteroatoms. The van der Waals surface area contributed by atoms with Gasteiger partial charge < -0.3 is 20.5 Å². The molecule has 1 fully saturated rings. The van der Waals surface area contributed by atoms with Crippen molar-refractivity contribution in [1.82, 2.24) is 10.6 Å². The van der Waals surface area contributed by atoms with Gasteiger partial charge in [-0.05, 0) is 26.3 Å². The third kappa shape index (κ3) is 4.20. The van der Waals surface area contributed by atoms with Crippen LogP contribution in [0.15, 0.2) is 0 Å². The highest BCUT2D eigenvalue weighted by Crippen LogP contribution is 2.24. The average molecular weight is 272 g/mol. The number of hydrogen-bond acceptors (Lipinski definition) is 5. The summed E-state index contributed by atoms with van der Waals surface area (Å²) in [7, 11) is 1.24. The van der Waals surface area contributed by atoms with Crippen LogP contribution in [0.3, 0.4) is 0 Å². The summed E-state index contributed by atoms with van der Waals surface area (Å²) in [5.74, 6) is -1.93. The van der Waals surface area contributed by atoms with Gasteiger partial charge in [0.05, 0.1) is 12.5 Å². The number of carbonyl (C=O) groups excluding carboxylic acids is 2. The van der Waals surface area contributed by atoms with E-state index in [9.17, 15) is 14.4 Å². The lowest BCUT2D eigenvalue weighted by molar-refractivity contribution is -0.145. The number of nitrogens with one attached hydrogen (secondary N) is 2. The Bertz CT molecular complexity index is 363. The standard InChI is InChI=1S/C12H20N2O5/c1-12(5-6-13-7-12)11(18)14-8(10(16)17)3-4-9(15)19-2/h8,13H,3-7H2,1-2H3,(H,14,18)(H,16,17)/t8-,12?/m0/s1. The Hall–Kier alpha value is -1.63. The van der Waals surface area contributed by atoms with Gasteiger partial charge >= 0.3 is 11.9 Å². The Morgan fingerprint density at radius 2 is 2.16 bits per heavy atom. The number of esters is 1. The highest BCUT2D eigenvalue weighted by Gasteiger charge is 2.38. The normalized spacial score (nSPS) is 23.7. The van der Waals surface area contributed by atoms with Crippen molar-refractivity contribution in [3.63, 3.8) is 0 Å². The first-order valence-electron chi connectivity index (χ1n) is 6.20. The average Bonchev–Trinajstić information content (AvgIpc) is 2.81. The predicted molar refractivity (Wildman–Crippen MR) is 66.4 cm³/mol. The minimum absolute atomic E-state index is 0.0251. The predicted octanol–water partition coefficient (Wildman–Crippen LogP) is -0.491. The zero-order valence-corrected chi connectivity index (χ0v) is 11.2. The van der Waals surface area contributed by atoms with Crippen LogP contribution in [0.5, 0.6) is 0 Å². The fraction of sp³-hybridized carbons (Fsp3) is 0.750. The van der Waals surface area contributed by atoms with Crippen LogP contribution in [0, 0.1) is 5.41 Å². The third-order valence-electron chi connectivity index (χ3n) is 3.39. The van der Waals surface area contributed by atoms with Crippen molar-refractivity contribution in [2.75, 3.05) is 20.2 Å². The summed E-state index contributed by atoms with van der Waals surface area (Å²) >= 11 is 0. The van der Waals surface area contributed by atoms with Gasteiger partial charge in [0, 0.05) is 13.0 Å². The van der Waals surface area contributed by atoms with Crippen molar-refractivity contribution in [3.8, 4) is 0 Å². The van der Waals surface area contributed by atoms with Crippen LogP contribution >= 0.6 is 0 Å². The summed E-state index contributed by atoms with van der Waals surface area (Å²) < 4.78 is 4.45. The molecule has 1 amide bonds. The molecule has 0 bridgehead atoms. The number of methoxy groups -OCH3 is 1. The summed E-state index contributed by atoms with van der Waals surface area (Å²) in [6.07, 6.45) is 0.655. The van der Waals surface area contributed by atoms with Gasteiger partial charge in [-0.1, -0.05) is 0 Å². The van der Waals surface area contributed by atoms with E-state index < -0.39 is 23.4 Å². The molecular formula is C12H20N2O5. The largest absolute Gasteiger partial charge is 0.480 e. The molecule has 0 aromatic heterocycles. The maximum absolute atomic E-state index is 12.1. The molecule has 2 atom stereocenters. The van der Waals surface area contributed by atoms with Gasteiger partial charge in [0.1, 0.15) is 6.04 Å². The van der Waals surface area contributed by atoms with Crippen LogP contribution in [-0.4, -0.2) is 49.2 Å². The van der Waals surface area contributed by atoms with E-state index in [1.165, 1.54) is 7.11 Å². The molecule has 1 aliphatic rings. The molecule has 1 aliphatic heterocycles. The molecule has 0 spiro atoms. The summed E-state index contributed by atoms with van der Waals surface area (Å²) in [6.45, 7) is 3.06. The number of carboxylic acid groups (broad SMARTS) is 1. The smallest absolute Gasteiger partial charge is 0.326 e. The van der Waals surface area contributed by atoms with E-state index in [0.717, 1.165) is 6.54 Å². The Kier molecular flexibility index (Phi) is 5.29. The zero-order chi connectivity index (χ0) is 14.5. The Balaban J connectivity index is 2.55. The van der Waals surface area contributed by atoms with E-state index in [1.54, 1.807) is 6.92 Å². The molecule has 19 heavy (non-hydrogen) atoms. The SMILES string of the molecule is COC(=O)CC[C@H](NC(=O)C1(C)CCNC1)C(=O)O. The van der Waals surface area contributed by atoms with E-state index in [-0.39, 0.29) is 18.7 Å². The molecule has 0 radical (unpaired) electrons. The van der Waals surface area contributed by atoms with E-state index in [0.29, 0.717) is 13.0 Å². The fourth-order valence-corrected chi connectivity index (χ4v) is 1.96. The van der Waals surface area contributed by atoms with Crippen molar-refractivity contribution < 1.29 is 24.2 Å². The lowest BCUT2D eigenvalue weighted by Gasteiger charge is -2.24. The summed E-state index contributed by atoms with van der Waals surface area (Å²) in [6, 6.07) is -1.07. The molecule has 0 aliphatic carbocycles. The van der Waals surface area contributed by atoms with Gasteiger partial charge in [0.15, 0.2) is 0 Å². The van der Waals surface area contributed by atoms with E-state index >= 15 is 0 Å². The zero-order valence-electron chi connectivity index (χ0n) is 11.2. The number of aliphatic carboxylic acids is 1.